The molecular weight excluding hydrogens is 452 g/mol. The second-order valence-corrected chi connectivity index (χ2v) is 8.75. The zero-order chi connectivity index (χ0) is 23.8. The minimum absolute atomic E-state index is 0.0304. The number of fused-ring (bicyclic) bond motifs is 2. The van der Waals surface area contributed by atoms with Crippen LogP contribution in [0.25, 0.3) is 21.8 Å². The van der Waals surface area contributed by atoms with E-state index in [0.717, 1.165) is 34.1 Å². The highest BCUT2D eigenvalue weighted by molar-refractivity contribution is 6.32. The van der Waals surface area contributed by atoms with Crippen LogP contribution in [0.4, 0.5) is 5.82 Å². The Hall–Kier alpha value is -3.65. The van der Waals surface area contributed by atoms with Gasteiger partial charge in [-0.25, -0.2) is 9.97 Å². The number of piperazine rings is 1. The van der Waals surface area contributed by atoms with Crippen LogP contribution in [-0.4, -0.2) is 56.6 Å². The molecular formula is C25H25ClN6O2. The van der Waals surface area contributed by atoms with Crippen LogP contribution >= 0.6 is 11.6 Å². The van der Waals surface area contributed by atoms with Gasteiger partial charge in [0.2, 0.25) is 5.91 Å². The Labute approximate surface area is 202 Å². The van der Waals surface area contributed by atoms with Crippen LogP contribution in [0.1, 0.15) is 18.9 Å². The predicted octanol–water partition coefficient (Wildman–Crippen LogP) is 4.87. The second kappa shape index (κ2) is 8.95. The highest BCUT2D eigenvalue weighted by atomic mass is 35.5. The number of amides is 1. The van der Waals surface area contributed by atoms with Crippen LogP contribution in [0.2, 0.25) is 5.02 Å². The largest absolute Gasteiger partial charge is 0.454 e. The Bertz CT molecular complexity index is 1400. The lowest BCUT2D eigenvalue weighted by atomic mass is 10.1. The normalized spacial score (nSPS) is 16.3. The van der Waals surface area contributed by atoms with Gasteiger partial charge in [0.05, 0.1) is 17.1 Å². The summed E-state index contributed by atoms with van der Waals surface area (Å²) in [6, 6.07) is 7.76. The summed E-state index contributed by atoms with van der Waals surface area (Å²) in [4.78, 5) is 25.5. The smallest absolute Gasteiger partial charge is 0.246 e. The topological polar surface area (TPSA) is 87.2 Å². The molecule has 0 bridgehead atoms. The molecule has 4 aromatic rings. The summed E-state index contributed by atoms with van der Waals surface area (Å²) >= 11 is 6.44. The number of hydrogen-bond acceptors (Lipinski definition) is 6. The first-order chi connectivity index (χ1) is 16.5. The lowest BCUT2D eigenvalue weighted by Gasteiger charge is -2.41. The Balaban J connectivity index is 1.53. The quantitative estimate of drug-likeness (QED) is 0.413. The van der Waals surface area contributed by atoms with Gasteiger partial charge in [0.25, 0.3) is 0 Å². The fourth-order valence-electron chi connectivity index (χ4n) is 4.56. The van der Waals surface area contributed by atoms with E-state index in [-0.39, 0.29) is 11.9 Å². The van der Waals surface area contributed by atoms with Gasteiger partial charge in [-0.15, -0.1) is 0 Å². The summed E-state index contributed by atoms with van der Waals surface area (Å²) in [5, 5.41) is 9.42. The third-order valence-electron chi connectivity index (χ3n) is 6.41. The lowest BCUT2D eigenvalue weighted by molar-refractivity contribution is -0.128. The van der Waals surface area contributed by atoms with Crippen molar-refractivity contribution in [3.8, 4) is 11.5 Å². The van der Waals surface area contributed by atoms with Crippen molar-refractivity contribution in [2.75, 3.05) is 24.5 Å². The Morgan fingerprint density at radius 2 is 2.18 bits per heavy atom. The second-order valence-electron chi connectivity index (χ2n) is 8.34. The number of nitrogens with zero attached hydrogens (tertiary/aromatic N) is 5. The molecule has 1 amide bonds. The summed E-state index contributed by atoms with van der Waals surface area (Å²) in [6.07, 6.45) is 5.53. The molecule has 0 spiro atoms. The van der Waals surface area contributed by atoms with E-state index in [1.54, 1.807) is 12.5 Å². The molecule has 2 aromatic carbocycles. The lowest BCUT2D eigenvalue weighted by Crippen LogP contribution is -2.55. The zero-order valence-electron chi connectivity index (χ0n) is 19.1. The van der Waals surface area contributed by atoms with Gasteiger partial charge in [0, 0.05) is 41.6 Å². The van der Waals surface area contributed by atoms with Crippen LogP contribution < -0.4 is 9.64 Å². The summed E-state index contributed by atoms with van der Waals surface area (Å²) in [6.45, 7) is 9.63. The monoisotopic (exact) mass is 476 g/mol. The van der Waals surface area contributed by atoms with Gasteiger partial charge in [0.15, 0.2) is 5.75 Å². The highest BCUT2D eigenvalue weighted by Crippen LogP contribution is 2.39. The molecule has 9 heteroatoms. The molecule has 1 unspecified atom stereocenters. The number of carbonyl (C=O) groups excluding carboxylic acids is 1. The van der Waals surface area contributed by atoms with Crippen LogP contribution in [0, 0.1) is 6.92 Å². The van der Waals surface area contributed by atoms with Crippen LogP contribution in [0.15, 0.2) is 49.4 Å². The number of aromatic nitrogens is 4. The average Bonchev–Trinajstić information content (AvgIpc) is 3.33. The Morgan fingerprint density at radius 1 is 1.32 bits per heavy atom. The van der Waals surface area contributed by atoms with Crippen molar-refractivity contribution in [1.29, 1.82) is 0 Å². The predicted molar refractivity (Wildman–Crippen MR) is 134 cm³/mol. The van der Waals surface area contributed by atoms with E-state index in [4.69, 9.17) is 16.3 Å². The van der Waals surface area contributed by atoms with E-state index in [9.17, 15) is 4.79 Å². The summed E-state index contributed by atoms with van der Waals surface area (Å²) in [5.41, 5.74) is 2.34. The summed E-state index contributed by atoms with van der Waals surface area (Å²) in [5.74, 6) is 2.06. The SMILES string of the molecule is C=CC(=O)N1CCN(c2ncnc3c(Oc4c(C)c(Cl)cc5[nH]ncc45)cccc23)CC1CC. The van der Waals surface area contributed by atoms with Gasteiger partial charge in [0.1, 0.15) is 23.4 Å². The molecule has 1 atom stereocenters. The molecule has 1 fully saturated rings. The first kappa shape index (κ1) is 22.2. The third-order valence-corrected chi connectivity index (χ3v) is 6.81. The molecule has 1 aliphatic rings. The van der Waals surface area contributed by atoms with Crippen molar-refractivity contribution >= 4 is 45.1 Å². The van der Waals surface area contributed by atoms with Crippen LogP contribution in [0.5, 0.6) is 11.5 Å². The van der Waals surface area contributed by atoms with Crippen molar-refractivity contribution in [3.05, 3.63) is 60.0 Å². The molecule has 34 heavy (non-hydrogen) atoms. The van der Waals surface area contributed by atoms with Gasteiger partial charge in [-0.2, -0.15) is 5.10 Å². The Morgan fingerprint density at radius 3 is 2.97 bits per heavy atom. The van der Waals surface area contributed by atoms with Crippen molar-refractivity contribution in [3.63, 3.8) is 0 Å². The molecule has 0 saturated carbocycles. The molecule has 8 nitrogen and oxygen atoms in total. The van der Waals surface area contributed by atoms with Crippen molar-refractivity contribution in [1.82, 2.24) is 25.1 Å². The number of rotatable bonds is 5. The molecule has 1 N–H and O–H groups in total. The van der Waals surface area contributed by atoms with E-state index in [1.807, 2.05) is 36.1 Å². The van der Waals surface area contributed by atoms with Crippen molar-refractivity contribution in [2.45, 2.75) is 26.3 Å². The molecule has 5 rings (SSSR count). The van der Waals surface area contributed by atoms with Gasteiger partial charge in [-0.3, -0.25) is 9.89 Å². The molecule has 0 aliphatic carbocycles. The van der Waals surface area contributed by atoms with Crippen LogP contribution in [0.3, 0.4) is 0 Å². The van der Waals surface area contributed by atoms with E-state index >= 15 is 0 Å². The minimum Gasteiger partial charge on any atom is -0.454 e. The van der Waals surface area contributed by atoms with Gasteiger partial charge >= 0.3 is 0 Å². The molecule has 0 radical (unpaired) electrons. The number of anilines is 1. The van der Waals surface area contributed by atoms with E-state index in [0.29, 0.717) is 41.7 Å². The standard InChI is InChI=1S/C25H25ClN6O2/c1-4-16-13-31(9-10-32(16)22(33)5-2)25-17-7-6-8-21(23(17)27-14-28-25)34-24-15(3)19(26)11-20-18(24)12-29-30-20/h5-8,11-12,14,16H,2,4,9-10,13H2,1,3H3,(H,29,30). The first-order valence-electron chi connectivity index (χ1n) is 11.2. The maximum Gasteiger partial charge on any atom is 0.246 e. The number of H-pyrrole nitrogens is 1. The highest BCUT2D eigenvalue weighted by Gasteiger charge is 2.29. The maximum atomic E-state index is 12.3. The van der Waals surface area contributed by atoms with Gasteiger partial charge in [-0.05, 0) is 37.6 Å². The number of aromatic amines is 1. The number of nitrogens with one attached hydrogen (secondary N) is 1. The fraction of sp³-hybridized carbons (Fsp3) is 0.280. The van der Waals surface area contributed by atoms with Gasteiger partial charge in [-0.1, -0.05) is 31.2 Å². The van der Waals surface area contributed by atoms with E-state index in [1.165, 1.54) is 6.08 Å². The molecule has 1 aliphatic heterocycles. The summed E-state index contributed by atoms with van der Waals surface area (Å²) in [7, 11) is 0. The van der Waals surface area contributed by atoms with E-state index in [2.05, 4.69) is 38.6 Å². The number of halogens is 1. The molecule has 2 aromatic heterocycles. The zero-order valence-corrected chi connectivity index (χ0v) is 19.8. The van der Waals surface area contributed by atoms with E-state index < -0.39 is 0 Å². The van der Waals surface area contributed by atoms with Crippen molar-refractivity contribution in [2.24, 2.45) is 0 Å². The molecule has 174 valence electrons. The Kier molecular flexibility index (Phi) is 5.83. The van der Waals surface area contributed by atoms with Gasteiger partial charge < -0.3 is 14.5 Å². The minimum atomic E-state index is -0.0304. The first-order valence-corrected chi connectivity index (χ1v) is 11.6. The fourth-order valence-corrected chi connectivity index (χ4v) is 4.75. The molecule has 1 saturated heterocycles. The number of benzene rings is 2. The average molecular weight is 477 g/mol. The maximum absolute atomic E-state index is 12.3. The number of para-hydroxylation sites is 1. The number of carbonyl (C=O) groups is 1. The summed E-state index contributed by atoms with van der Waals surface area (Å²) < 4.78 is 6.41. The number of ether oxygens (including phenoxy) is 1. The van der Waals surface area contributed by atoms with Crippen LogP contribution in [-0.2, 0) is 4.79 Å². The van der Waals surface area contributed by atoms with Crippen molar-refractivity contribution < 1.29 is 9.53 Å². The molecule has 3 heterocycles. The third kappa shape index (κ3) is 3.74. The number of hydrogen-bond donors (Lipinski definition) is 1.